The van der Waals surface area contributed by atoms with Gasteiger partial charge in [-0.25, -0.2) is 0 Å². The summed E-state index contributed by atoms with van der Waals surface area (Å²) < 4.78 is 0. The van der Waals surface area contributed by atoms with Crippen molar-refractivity contribution in [3.63, 3.8) is 0 Å². The second-order valence-corrected chi connectivity index (χ2v) is 5.68. The Morgan fingerprint density at radius 3 is 2.62 bits per heavy atom. The number of rotatable bonds is 4. The quantitative estimate of drug-likeness (QED) is 0.502. The number of thiocarbonyl (C=S) groups is 1. The fourth-order valence-corrected chi connectivity index (χ4v) is 2.91. The molecule has 0 saturated carbocycles. The van der Waals surface area contributed by atoms with Crippen LogP contribution < -0.4 is 10.2 Å². The van der Waals surface area contributed by atoms with Crippen LogP contribution in [0.15, 0.2) is 48.5 Å². The first-order valence-corrected chi connectivity index (χ1v) is 7.54. The third-order valence-electron chi connectivity index (χ3n) is 3.71. The van der Waals surface area contributed by atoms with E-state index in [2.05, 4.69) is 5.32 Å². The van der Waals surface area contributed by atoms with Crippen molar-refractivity contribution in [2.75, 3.05) is 4.90 Å². The zero-order valence-electron chi connectivity index (χ0n) is 12.4. The number of nitro groups is 1. The van der Waals surface area contributed by atoms with Crippen LogP contribution in [0.1, 0.15) is 5.56 Å². The van der Waals surface area contributed by atoms with E-state index in [0.29, 0.717) is 16.4 Å². The van der Waals surface area contributed by atoms with E-state index >= 15 is 0 Å². The summed E-state index contributed by atoms with van der Waals surface area (Å²) in [5, 5.41) is 23.6. The lowest BCUT2D eigenvalue weighted by Gasteiger charge is -2.14. The number of hydrogen-bond donors (Lipinski definition) is 2. The number of carbonyl (C=O) groups is 1. The van der Waals surface area contributed by atoms with Gasteiger partial charge in [0.1, 0.15) is 6.04 Å². The first-order valence-electron chi connectivity index (χ1n) is 7.13. The molecule has 3 rings (SSSR count). The van der Waals surface area contributed by atoms with Gasteiger partial charge in [-0.15, -0.1) is 0 Å². The van der Waals surface area contributed by atoms with Crippen LogP contribution in [0, 0.1) is 10.1 Å². The molecule has 1 aliphatic rings. The van der Waals surface area contributed by atoms with Gasteiger partial charge in [-0.2, -0.15) is 0 Å². The second-order valence-electron chi connectivity index (χ2n) is 5.30. The molecule has 8 heteroatoms. The fraction of sp³-hybridized carbons (Fsp3) is 0.125. The van der Waals surface area contributed by atoms with Crippen LogP contribution in [0.25, 0.3) is 0 Å². The summed E-state index contributed by atoms with van der Waals surface area (Å²) in [5.41, 5.74) is 0.836. The average molecular weight is 343 g/mol. The first-order chi connectivity index (χ1) is 11.5. The zero-order chi connectivity index (χ0) is 17.3. The molecule has 1 atom stereocenters. The molecule has 1 heterocycles. The van der Waals surface area contributed by atoms with Gasteiger partial charge in [0.05, 0.1) is 10.6 Å². The topological polar surface area (TPSA) is 95.7 Å². The summed E-state index contributed by atoms with van der Waals surface area (Å²) in [7, 11) is 0. The number of aromatic hydroxyl groups is 1. The van der Waals surface area contributed by atoms with Crippen molar-refractivity contribution in [3.05, 3.63) is 64.2 Å². The number of amides is 1. The molecule has 0 radical (unpaired) electrons. The summed E-state index contributed by atoms with van der Waals surface area (Å²) >= 11 is 5.23. The Labute approximate surface area is 142 Å². The van der Waals surface area contributed by atoms with E-state index in [1.165, 1.54) is 17.0 Å². The van der Waals surface area contributed by atoms with E-state index in [4.69, 9.17) is 12.2 Å². The summed E-state index contributed by atoms with van der Waals surface area (Å²) in [4.78, 5) is 24.2. The van der Waals surface area contributed by atoms with Crippen molar-refractivity contribution in [1.29, 1.82) is 0 Å². The van der Waals surface area contributed by atoms with Crippen molar-refractivity contribution in [2.24, 2.45) is 0 Å². The number of benzene rings is 2. The van der Waals surface area contributed by atoms with Crippen LogP contribution in [0.2, 0.25) is 0 Å². The van der Waals surface area contributed by atoms with Gasteiger partial charge in [-0.3, -0.25) is 19.8 Å². The van der Waals surface area contributed by atoms with Crippen molar-refractivity contribution in [2.45, 2.75) is 12.5 Å². The molecule has 122 valence electrons. The second kappa shape index (κ2) is 6.25. The van der Waals surface area contributed by atoms with Gasteiger partial charge in [-0.05, 0) is 36.0 Å². The summed E-state index contributed by atoms with van der Waals surface area (Å²) in [6, 6.07) is 12.5. The smallest absolute Gasteiger partial charge is 0.310 e. The molecule has 7 nitrogen and oxygen atoms in total. The van der Waals surface area contributed by atoms with Gasteiger partial charge in [0.25, 0.3) is 5.91 Å². The molecule has 0 spiro atoms. The van der Waals surface area contributed by atoms with Crippen molar-refractivity contribution < 1.29 is 14.8 Å². The van der Waals surface area contributed by atoms with Gasteiger partial charge in [0.15, 0.2) is 10.9 Å². The predicted octanol–water partition coefficient (Wildman–Crippen LogP) is 2.13. The molecule has 1 unspecified atom stereocenters. The summed E-state index contributed by atoms with van der Waals surface area (Å²) in [6.45, 7) is 0. The molecule has 2 aromatic carbocycles. The largest absolute Gasteiger partial charge is 0.502 e. The van der Waals surface area contributed by atoms with Crippen LogP contribution >= 0.6 is 12.2 Å². The summed E-state index contributed by atoms with van der Waals surface area (Å²) in [6.07, 6.45) is 0.226. The average Bonchev–Trinajstić information content (AvgIpc) is 2.83. The minimum absolute atomic E-state index is 0.220. The number of nitrogens with one attached hydrogen (secondary N) is 1. The molecular formula is C16H13N3O4S. The number of para-hydroxylation sites is 1. The van der Waals surface area contributed by atoms with Crippen LogP contribution in [0.3, 0.4) is 0 Å². The Morgan fingerprint density at radius 1 is 1.25 bits per heavy atom. The van der Waals surface area contributed by atoms with Crippen molar-refractivity contribution >= 4 is 34.6 Å². The molecule has 24 heavy (non-hydrogen) atoms. The molecule has 2 aromatic rings. The standard InChI is InChI=1S/C16H13N3O4S/c20-14-7-6-10(9-13(14)19(22)23)8-12-15(21)18(16(24)17-12)11-4-2-1-3-5-11/h1-7,9,12,20H,8H2,(H,17,24). The Bertz CT molecular complexity index is 825. The number of nitro benzene ring substituents is 1. The lowest BCUT2D eigenvalue weighted by molar-refractivity contribution is -0.385. The monoisotopic (exact) mass is 343 g/mol. The molecule has 1 fully saturated rings. The number of anilines is 1. The fourth-order valence-electron chi connectivity index (χ4n) is 2.57. The molecule has 1 amide bonds. The van der Waals surface area contributed by atoms with Crippen LogP contribution in [0.4, 0.5) is 11.4 Å². The van der Waals surface area contributed by atoms with Gasteiger partial charge >= 0.3 is 5.69 Å². The molecule has 1 aliphatic heterocycles. The normalized spacial score (nSPS) is 17.0. The van der Waals surface area contributed by atoms with E-state index in [9.17, 15) is 20.0 Å². The van der Waals surface area contributed by atoms with Gasteiger partial charge < -0.3 is 10.4 Å². The van der Waals surface area contributed by atoms with Gasteiger partial charge in [0.2, 0.25) is 0 Å². The first kappa shape index (κ1) is 15.9. The maximum Gasteiger partial charge on any atom is 0.310 e. The number of phenolic OH excluding ortho intramolecular Hbond substituents is 1. The molecular weight excluding hydrogens is 330 g/mol. The van der Waals surface area contributed by atoms with Crippen molar-refractivity contribution in [3.8, 4) is 5.75 Å². The Morgan fingerprint density at radius 2 is 1.96 bits per heavy atom. The summed E-state index contributed by atoms with van der Waals surface area (Å²) in [5.74, 6) is -0.627. The molecule has 1 saturated heterocycles. The number of phenols is 1. The number of nitrogens with zero attached hydrogens (tertiary/aromatic N) is 2. The minimum atomic E-state index is -0.663. The van der Waals surface area contributed by atoms with Crippen LogP contribution in [-0.2, 0) is 11.2 Å². The SMILES string of the molecule is O=C1C(Cc2ccc(O)c([N+](=O)[O-])c2)NC(=S)N1c1ccccc1. The highest BCUT2D eigenvalue weighted by atomic mass is 32.1. The highest BCUT2D eigenvalue weighted by Crippen LogP contribution is 2.28. The van der Waals surface area contributed by atoms with E-state index in [1.807, 2.05) is 18.2 Å². The van der Waals surface area contributed by atoms with Gasteiger partial charge in [0, 0.05) is 12.5 Å². The highest BCUT2D eigenvalue weighted by Gasteiger charge is 2.36. The lowest BCUT2D eigenvalue weighted by atomic mass is 10.0. The number of carbonyl (C=O) groups excluding carboxylic acids is 1. The van der Waals surface area contributed by atoms with Crippen LogP contribution in [0.5, 0.6) is 5.75 Å². The maximum absolute atomic E-state index is 12.6. The molecule has 0 bridgehead atoms. The van der Waals surface area contributed by atoms with Gasteiger partial charge in [-0.1, -0.05) is 24.3 Å². The highest BCUT2D eigenvalue weighted by molar-refractivity contribution is 7.80. The van der Waals surface area contributed by atoms with E-state index in [0.717, 1.165) is 0 Å². The van der Waals surface area contributed by atoms with E-state index in [1.54, 1.807) is 18.2 Å². The lowest BCUT2D eigenvalue weighted by Crippen LogP contribution is -2.32. The van der Waals surface area contributed by atoms with E-state index in [-0.39, 0.29) is 18.0 Å². The third kappa shape index (κ3) is 2.91. The Kier molecular flexibility index (Phi) is 4.13. The molecule has 0 aliphatic carbocycles. The third-order valence-corrected chi connectivity index (χ3v) is 4.01. The minimum Gasteiger partial charge on any atom is -0.502 e. The molecule has 0 aromatic heterocycles. The Hall–Kier alpha value is -3.00. The predicted molar refractivity (Wildman–Crippen MR) is 91.9 cm³/mol. The zero-order valence-corrected chi connectivity index (χ0v) is 13.2. The Balaban J connectivity index is 1.82. The van der Waals surface area contributed by atoms with E-state index < -0.39 is 16.7 Å². The van der Waals surface area contributed by atoms with Crippen molar-refractivity contribution in [1.82, 2.24) is 5.32 Å². The van der Waals surface area contributed by atoms with Crippen LogP contribution in [-0.4, -0.2) is 27.1 Å². The number of hydrogen-bond acceptors (Lipinski definition) is 5. The maximum atomic E-state index is 12.6. The molecule has 2 N–H and O–H groups in total.